The van der Waals surface area contributed by atoms with Crippen molar-refractivity contribution in [2.45, 2.75) is 6.42 Å². The minimum atomic E-state index is -0.814. The van der Waals surface area contributed by atoms with Crippen LogP contribution in [0.2, 0.25) is 10.0 Å². The number of hydrogen-bond acceptors (Lipinski definition) is 3. The zero-order valence-electron chi connectivity index (χ0n) is 11.0. The molecule has 0 spiro atoms. The van der Waals surface area contributed by atoms with Gasteiger partial charge in [-0.15, -0.1) is 12.4 Å². The fraction of sp³-hybridized carbons (Fsp3) is 0.385. The highest BCUT2D eigenvalue weighted by atomic mass is 35.5. The molecule has 21 heavy (non-hydrogen) atoms. The lowest BCUT2D eigenvalue weighted by Gasteiger charge is -2.15. The fourth-order valence-electron chi connectivity index (χ4n) is 2.17. The third-order valence-electron chi connectivity index (χ3n) is 3.21. The number of carboxylic acids is 1. The number of halogens is 3. The number of carbonyl (C=O) groups is 2. The highest BCUT2D eigenvalue weighted by molar-refractivity contribution is 6.43. The Kier molecular flexibility index (Phi) is 6.74. The third-order valence-corrected chi connectivity index (χ3v) is 4.03. The van der Waals surface area contributed by atoms with Crippen molar-refractivity contribution in [3.05, 3.63) is 28.2 Å². The van der Waals surface area contributed by atoms with Crippen LogP contribution in [-0.2, 0) is 9.59 Å². The van der Waals surface area contributed by atoms with E-state index in [2.05, 4.69) is 5.32 Å². The first-order chi connectivity index (χ1) is 9.47. The largest absolute Gasteiger partial charge is 0.481 e. The van der Waals surface area contributed by atoms with E-state index in [1.807, 2.05) is 4.90 Å². The number of carbonyl (C=O) groups excluding carboxylic acids is 1. The van der Waals surface area contributed by atoms with Crippen LogP contribution in [0.4, 0.5) is 5.69 Å². The highest BCUT2D eigenvalue weighted by Gasteiger charge is 2.28. The minimum Gasteiger partial charge on any atom is -0.481 e. The zero-order chi connectivity index (χ0) is 14.7. The summed E-state index contributed by atoms with van der Waals surface area (Å²) in [6.45, 7) is 1.15. The molecule has 1 aliphatic heterocycles. The van der Waals surface area contributed by atoms with Crippen LogP contribution in [0.15, 0.2) is 18.2 Å². The second-order valence-electron chi connectivity index (χ2n) is 4.71. The van der Waals surface area contributed by atoms with Gasteiger partial charge in [0.1, 0.15) is 0 Å². The summed E-state index contributed by atoms with van der Waals surface area (Å²) in [4.78, 5) is 24.6. The summed E-state index contributed by atoms with van der Waals surface area (Å²) in [6, 6.07) is 4.99. The van der Waals surface area contributed by atoms with Crippen molar-refractivity contribution in [3.63, 3.8) is 0 Å². The Morgan fingerprint density at radius 2 is 2.10 bits per heavy atom. The molecular weight excluding hydrogens is 339 g/mol. The molecular formula is C13H15Cl3N2O3. The van der Waals surface area contributed by atoms with Gasteiger partial charge in [-0.3, -0.25) is 14.5 Å². The number of hydrogen-bond donors (Lipinski definition) is 2. The maximum atomic E-state index is 11.9. The van der Waals surface area contributed by atoms with Crippen LogP contribution in [0.25, 0.3) is 0 Å². The summed E-state index contributed by atoms with van der Waals surface area (Å²) in [5.74, 6) is -1.44. The number of anilines is 1. The van der Waals surface area contributed by atoms with Crippen LogP contribution in [0.1, 0.15) is 6.42 Å². The van der Waals surface area contributed by atoms with E-state index in [4.69, 9.17) is 28.3 Å². The van der Waals surface area contributed by atoms with E-state index in [9.17, 15) is 9.59 Å². The molecule has 8 heteroatoms. The number of amides is 1. The monoisotopic (exact) mass is 352 g/mol. The number of benzene rings is 1. The molecule has 1 amide bonds. The summed E-state index contributed by atoms with van der Waals surface area (Å²) in [5.41, 5.74) is 0.457. The Balaban J connectivity index is 0.00000220. The molecule has 1 saturated heterocycles. The van der Waals surface area contributed by atoms with E-state index in [1.54, 1.807) is 18.2 Å². The first kappa shape index (κ1) is 18.0. The average Bonchev–Trinajstić information content (AvgIpc) is 2.83. The minimum absolute atomic E-state index is 0. The molecule has 1 heterocycles. The van der Waals surface area contributed by atoms with Crippen molar-refractivity contribution in [1.29, 1.82) is 0 Å². The third kappa shape index (κ3) is 4.74. The summed E-state index contributed by atoms with van der Waals surface area (Å²) < 4.78 is 0. The van der Waals surface area contributed by atoms with Crippen LogP contribution in [0.5, 0.6) is 0 Å². The van der Waals surface area contributed by atoms with Crippen molar-refractivity contribution in [1.82, 2.24) is 4.90 Å². The molecule has 1 atom stereocenters. The van der Waals surface area contributed by atoms with Gasteiger partial charge in [0.05, 0.1) is 28.2 Å². The topological polar surface area (TPSA) is 69.6 Å². The molecule has 0 aliphatic carbocycles. The molecule has 1 unspecified atom stereocenters. The van der Waals surface area contributed by atoms with Crippen molar-refractivity contribution >= 4 is 53.2 Å². The molecule has 1 fully saturated rings. The predicted octanol–water partition coefficient (Wildman–Crippen LogP) is 2.76. The van der Waals surface area contributed by atoms with Crippen molar-refractivity contribution < 1.29 is 14.7 Å². The van der Waals surface area contributed by atoms with Gasteiger partial charge in [-0.2, -0.15) is 0 Å². The van der Waals surface area contributed by atoms with E-state index in [-0.39, 0.29) is 24.9 Å². The van der Waals surface area contributed by atoms with Gasteiger partial charge in [-0.25, -0.2) is 0 Å². The SMILES string of the molecule is Cl.O=C(CN1CCC(C(=O)O)C1)Nc1cccc(Cl)c1Cl. The molecule has 2 N–H and O–H groups in total. The Hall–Kier alpha value is -1.01. The number of aliphatic carboxylic acids is 1. The summed E-state index contributed by atoms with van der Waals surface area (Å²) in [6.07, 6.45) is 0.570. The van der Waals surface area contributed by atoms with Crippen LogP contribution in [0.3, 0.4) is 0 Å². The Labute approximate surface area is 138 Å². The summed E-state index contributed by atoms with van der Waals surface area (Å²) in [5, 5.41) is 12.3. The van der Waals surface area contributed by atoms with Gasteiger partial charge in [0.25, 0.3) is 0 Å². The molecule has 0 radical (unpaired) electrons. The Morgan fingerprint density at radius 1 is 1.38 bits per heavy atom. The zero-order valence-corrected chi connectivity index (χ0v) is 13.3. The molecule has 116 valence electrons. The van der Waals surface area contributed by atoms with E-state index in [0.717, 1.165) is 0 Å². The molecule has 1 aromatic carbocycles. The van der Waals surface area contributed by atoms with Crippen LogP contribution in [-0.4, -0.2) is 41.5 Å². The Morgan fingerprint density at radius 3 is 2.71 bits per heavy atom. The molecule has 1 aliphatic rings. The van der Waals surface area contributed by atoms with E-state index < -0.39 is 11.9 Å². The quantitative estimate of drug-likeness (QED) is 0.873. The predicted molar refractivity (Wildman–Crippen MR) is 84.5 cm³/mol. The molecule has 0 aromatic heterocycles. The molecule has 0 saturated carbocycles. The lowest BCUT2D eigenvalue weighted by Crippen LogP contribution is -2.32. The smallest absolute Gasteiger partial charge is 0.307 e. The second kappa shape index (κ2) is 7.84. The van der Waals surface area contributed by atoms with Gasteiger partial charge in [0, 0.05) is 6.54 Å². The summed E-state index contributed by atoms with van der Waals surface area (Å²) in [7, 11) is 0. The number of likely N-dealkylation sites (tertiary alicyclic amines) is 1. The van der Waals surface area contributed by atoms with Crippen LogP contribution in [0, 0.1) is 5.92 Å². The van der Waals surface area contributed by atoms with Crippen LogP contribution < -0.4 is 5.32 Å². The van der Waals surface area contributed by atoms with Crippen molar-refractivity contribution in [3.8, 4) is 0 Å². The number of carboxylic acid groups (broad SMARTS) is 1. The number of rotatable bonds is 4. The standard InChI is InChI=1S/C13H14Cl2N2O3.ClH/c14-9-2-1-3-10(12(9)15)16-11(18)7-17-5-4-8(6-17)13(19)20;/h1-3,8H,4-7H2,(H,16,18)(H,19,20);1H. The fourth-order valence-corrected chi connectivity index (χ4v) is 2.52. The highest BCUT2D eigenvalue weighted by Crippen LogP contribution is 2.29. The van der Waals surface area contributed by atoms with E-state index >= 15 is 0 Å². The lowest BCUT2D eigenvalue weighted by atomic mass is 10.1. The van der Waals surface area contributed by atoms with Gasteiger partial charge < -0.3 is 10.4 Å². The van der Waals surface area contributed by atoms with Crippen molar-refractivity contribution in [2.75, 3.05) is 25.0 Å². The number of nitrogens with one attached hydrogen (secondary N) is 1. The van der Waals surface area contributed by atoms with Gasteiger partial charge in [0.15, 0.2) is 0 Å². The van der Waals surface area contributed by atoms with Gasteiger partial charge in [0.2, 0.25) is 5.91 Å². The molecule has 1 aromatic rings. The maximum Gasteiger partial charge on any atom is 0.307 e. The normalized spacial score (nSPS) is 18.1. The second-order valence-corrected chi connectivity index (χ2v) is 5.49. The molecule has 5 nitrogen and oxygen atoms in total. The van der Waals surface area contributed by atoms with Gasteiger partial charge >= 0.3 is 5.97 Å². The maximum absolute atomic E-state index is 11.9. The van der Waals surface area contributed by atoms with E-state index in [0.29, 0.717) is 35.2 Å². The number of nitrogens with zero attached hydrogens (tertiary/aromatic N) is 1. The van der Waals surface area contributed by atoms with Crippen molar-refractivity contribution in [2.24, 2.45) is 5.92 Å². The van der Waals surface area contributed by atoms with Crippen LogP contribution >= 0.6 is 35.6 Å². The average molecular weight is 354 g/mol. The molecule has 0 bridgehead atoms. The van der Waals surface area contributed by atoms with E-state index in [1.165, 1.54) is 0 Å². The lowest BCUT2D eigenvalue weighted by molar-refractivity contribution is -0.141. The van der Waals surface area contributed by atoms with Gasteiger partial charge in [-0.05, 0) is 25.1 Å². The molecule has 2 rings (SSSR count). The first-order valence-corrected chi connectivity index (χ1v) is 6.92. The summed E-state index contributed by atoms with van der Waals surface area (Å²) >= 11 is 11.8. The van der Waals surface area contributed by atoms with Gasteiger partial charge in [-0.1, -0.05) is 29.3 Å². The first-order valence-electron chi connectivity index (χ1n) is 6.16. The Bertz CT molecular complexity index is 539.